The molecule has 1 aromatic carbocycles. The Hall–Kier alpha value is -2.87. The van der Waals surface area contributed by atoms with Crippen LogP contribution < -0.4 is 10.2 Å². The van der Waals surface area contributed by atoms with Crippen molar-refractivity contribution in [2.24, 2.45) is 0 Å². The number of hydrogen-bond acceptors (Lipinski definition) is 4. The first-order valence-electron chi connectivity index (χ1n) is 7.27. The molecular weight excluding hydrogens is 276 g/mol. The van der Waals surface area contributed by atoms with E-state index < -0.39 is 0 Å². The van der Waals surface area contributed by atoms with Crippen LogP contribution in [-0.2, 0) is 4.79 Å². The summed E-state index contributed by atoms with van der Waals surface area (Å²) in [6.45, 7) is 0.717. The van der Waals surface area contributed by atoms with Gasteiger partial charge in [0.25, 0.3) is 0 Å². The van der Waals surface area contributed by atoms with Gasteiger partial charge >= 0.3 is 0 Å². The summed E-state index contributed by atoms with van der Waals surface area (Å²) < 4.78 is 0. The zero-order valence-electron chi connectivity index (χ0n) is 12.1. The molecule has 2 heterocycles. The quantitative estimate of drug-likeness (QED) is 0.944. The molecule has 1 N–H and O–H groups in total. The minimum atomic E-state index is -0.351. The second-order valence-electron chi connectivity index (χ2n) is 5.18. The Morgan fingerprint density at radius 1 is 1.23 bits per heavy atom. The van der Waals surface area contributed by atoms with Crippen LogP contribution in [0.15, 0.2) is 48.7 Å². The van der Waals surface area contributed by atoms with E-state index in [0.717, 1.165) is 18.5 Å². The molecule has 1 saturated heterocycles. The van der Waals surface area contributed by atoms with Gasteiger partial charge in [0.1, 0.15) is 17.9 Å². The fraction of sp³-hybridized carbons (Fsp3) is 0.235. The van der Waals surface area contributed by atoms with Gasteiger partial charge in [-0.1, -0.05) is 18.2 Å². The molecule has 1 fully saturated rings. The molecule has 1 atom stereocenters. The molecule has 0 unspecified atom stereocenters. The van der Waals surface area contributed by atoms with Crippen LogP contribution in [0.25, 0.3) is 0 Å². The van der Waals surface area contributed by atoms with Gasteiger partial charge in [0.05, 0.1) is 5.56 Å². The van der Waals surface area contributed by atoms with Gasteiger partial charge in [-0.2, -0.15) is 5.26 Å². The first-order chi connectivity index (χ1) is 10.8. The molecule has 22 heavy (non-hydrogen) atoms. The van der Waals surface area contributed by atoms with Crippen molar-refractivity contribution in [3.63, 3.8) is 0 Å². The number of nitrogens with one attached hydrogen (secondary N) is 1. The number of para-hydroxylation sites is 1. The summed E-state index contributed by atoms with van der Waals surface area (Å²) in [5, 5.41) is 12.2. The molecule has 0 radical (unpaired) electrons. The Bertz CT molecular complexity index is 708. The van der Waals surface area contributed by atoms with Crippen LogP contribution in [0.3, 0.4) is 0 Å². The van der Waals surface area contributed by atoms with Crippen LogP contribution in [-0.4, -0.2) is 23.5 Å². The maximum atomic E-state index is 12.7. The van der Waals surface area contributed by atoms with Crippen LogP contribution in [0.4, 0.5) is 11.5 Å². The van der Waals surface area contributed by atoms with Gasteiger partial charge in [-0.05, 0) is 37.1 Å². The van der Waals surface area contributed by atoms with Gasteiger partial charge in [0, 0.05) is 18.4 Å². The number of hydrogen-bond donors (Lipinski definition) is 1. The van der Waals surface area contributed by atoms with Crippen LogP contribution >= 0.6 is 0 Å². The van der Waals surface area contributed by atoms with Crippen LogP contribution in [0.5, 0.6) is 0 Å². The number of nitriles is 1. The summed E-state index contributed by atoms with van der Waals surface area (Å²) in [6.07, 6.45) is 3.27. The molecule has 0 bridgehead atoms. The molecule has 0 aliphatic carbocycles. The smallest absolute Gasteiger partial charge is 0.249 e. The van der Waals surface area contributed by atoms with Crippen molar-refractivity contribution in [2.75, 3.05) is 16.8 Å². The van der Waals surface area contributed by atoms with E-state index in [0.29, 0.717) is 17.9 Å². The maximum absolute atomic E-state index is 12.7. The molecule has 5 nitrogen and oxygen atoms in total. The highest BCUT2D eigenvalue weighted by molar-refractivity contribution is 5.99. The number of benzene rings is 1. The molecule has 1 amide bonds. The van der Waals surface area contributed by atoms with Crippen molar-refractivity contribution in [3.8, 4) is 6.07 Å². The van der Waals surface area contributed by atoms with Crippen molar-refractivity contribution in [3.05, 3.63) is 54.2 Å². The van der Waals surface area contributed by atoms with Gasteiger partial charge in [0.15, 0.2) is 0 Å². The molecule has 5 heteroatoms. The Balaban J connectivity index is 1.80. The third kappa shape index (κ3) is 2.77. The summed E-state index contributed by atoms with van der Waals surface area (Å²) in [4.78, 5) is 18.6. The second-order valence-corrected chi connectivity index (χ2v) is 5.18. The minimum absolute atomic E-state index is 0.0204. The Morgan fingerprint density at radius 2 is 2.05 bits per heavy atom. The monoisotopic (exact) mass is 292 g/mol. The number of amides is 1. The normalized spacial score (nSPS) is 17.9. The van der Waals surface area contributed by atoms with Gasteiger partial charge in [-0.15, -0.1) is 0 Å². The van der Waals surface area contributed by atoms with E-state index in [-0.39, 0.29) is 11.9 Å². The predicted molar refractivity (Wildman–Crippen MR) is 84.4 cm³/mol. The van der Waals surface area contributed by atoms with E-state index in [9.17, 15) is 4.79 Å². The lowest BCUT2D eigenvalue weighted by atomic mass is 10.0. The topological polar surface area (TPSA) is 69.0 Å². The Kier molecular flexibility index (Phi) is 4.01. The first-order valence-corrected chi connectivity index (χ1v) is 7.27. The van der Waals surface area contributed by atoms with Crippen molar-refractivity contribution in [1.82, 2.24) is 4.98 Å². The largest absolute Gasteiger partial charge is 0.357 e. The minimum Gasteiger partial charge on any atom is -0.357 e. The Morgan fingerprint density at radius 3 is 2.82 bits per heavy atom. The van der Waals surface area contributed by atoms with E-state index in [1.165, 1.54) is 0 Å². The number of pyridine rings is 1. The lowest BCUT2D eigenvalue weighted by Gasteiger charge is -2.33. The van der Waals surface area contributed by atoms with E-state index >= 15 is 0 Å². The molecule has 1 aliphatic heterocycles. The summed E-state index contributed by atoms with van der Waals surface area (Å²) in [6, 6.07) is 14.8. The maximum Gasteiger partial charge on any atom is 0.249 e. The van der Waals surface area contributed by atoms with Crippen LogP contribution in [0.1, 0.15) is 18.4 Å². The van der Waals surface area contributed by atoms with E-state index in [1.807, 2.05) is 30.3 Å². The number of carbonyl (C=O) groups is 1. The number of rotatable bonds is 3. The second kappa shape index (κ2) is 6.27. The molecule has 3 rings (SSSR count). The fourth-order valence-corrected chi connectivity index (χ4v) is 2.65. The molecule has 1 aliphatic rings. The molecule has 0 saturated carbocycles. The average molecular weight is 292 g/mol. The number of nitrogens with zero attached hydrogens (tertiary/aromatic N) is 3. The van der Waals surface area contributed by atoms with E-state index in [4.69, 9.17) is 5.26 Å². The fourth-order valence-electron chi connectivity index (χ4n) is 2.65. The third-order valence-corrected chi connectivity index (χ3v) is 3.75. The summed E-state index contributed by atoms with van der Waals surface area (Å²) in [7, 11) is 0. The number of anilines is 2. The lowest BCUT2D eigenvalue weighted by Crippen LogP contribution is -2.48. The van der Waals surface area contributed by atoms with Gasteiger partial charge in [0.2, 0.25) is 5.91 Å². The van der Waals surface area contributed by atoms with Gasteiger partial charge in [-0.25, -0.2) is 4.98 Å². The van der Waals surface area contributed by atoms with Crippen molar-refractivity contribution in [2.45, 2.75) is 18.9 Å². The van der Waals surface area contributed by atoms with Gasteiger partial charge in [-0.3, -0.25) is 4.79 Å². The predicted octanol–water partition coefficient (Wildman–Crippen LogP) is 2.56. The summed E-state index contributed by atoms with van der Waals surface area (Å²) in [5.74, 6) is 0.491. The zero-order chi connectivity index (χ0) is 15.4. The SMILES string of the molecule is N#Cc1cccnc1N[C@H]1CCCN(c2ccccc2)C1=O. The van der Waals surface area contributed by atoms with E-state index in [1.54, 1.807) is 23.2 Å². The molecule has 2 aromatic rings. The zero-order valence-corrected chi connectivity index (χ0v) is 12.1. The summed E-state index contributed by atoms with van der Waals surface area (Å²) >= 11 is 0. The first kappa shape index (κ1) is 14.1. The highest BCUT2D eigenvalue weighted by atomic mass is 16.2. The molecule has 0 spiro atoms. The molecule has 110 valence electrons. The van der Waals surface area contributed by atoms with Crippen molar-refractivity contribution < 1.29 is 4.79 Å². The average Bonchev–Trinajstić information content (AvgIpc) is 2.58. The van der Waals surface area contributed by atoms with Crippen molar-refractivity contribution in [1.29, 1.82) is 5.26 Å². The van der Waals surface area contributed by atoms with E-state index in [2.05, 4.69) is 16.4 Å². The van der Waals surface area contributed by atoms with Crippen molar-refractivity contribution >= 4 is 17.4 Å². The Labute approximate surface area is 129 Å². The molecular formula is C17H16N4O. The molecule has 1 aromatic heterocycles. The number of piperidine rings is 1. The van der Waals surface area contributed by atoms with Gasteiger partial charge < -0.3 is 10.2 Å². The number of carbonyl (C=O) groups excluding carboxylic acids is 1. The standard InChI is InChI=1S/C17H16N4O/c18-12-13-6-4-10-19-16(13)20-15-9-5-11-21(17(15)22)14-7-2-1-3-8-14/h1-4,6-8,10,15H,5,9,11H2,(H,19,20)/t15-/m0/s1. The third-order valence-electron chi connectivity index (χ3n) is 3.75. The highest BCUT2D eigenvalue weighted by Crippen LogP contribution is 2.23. The van der Waals surface area contributed by atoms with Crippen LogP contribution in [0, 0.1) is 11.3 Å². The highest BCUT2D eigenvalue weighted by Gasteiger charge is 2.30. The summed E-state index contributed by atoms with van der Waals surface area (Å²) in [5.41, 5.74) is 1.35. The van der Waals surface area contributed by atoms with Crippen LogP contribution in [0.2, 0.25) is 0 Å². The lowest BCUT2D eigenvalue weighted by molar-refractivity contribution is -0.120. The number of aromatic nitrogens is 1.